The van der Waals surface area contributed by atoms with Gasteiger partial charge in [-0.05, 0) is 30.9 Å². The number of rotatable bonds is 3. The number of halogens is 2. The summed E-state index contributed by atoms with van der Waals surface area (Å²) < 4.78 is 31.1. The van der Waals surface area contributed by atoms with E-state index >= 15 is 0 Å². The SMILES string of the molecule is NC(c1noc(-c2cc(F)cc(F)c2)n1)C1CC1. The van der Waals surface area contributed by atoms with Crippen LogP contribution in [0.3, 0.4) is 0 Å². The van der Waals surface area contributed by atoms with E-state index in [2.05, 4.69) is 10.1 Å². The second-order valence-electron chi connectivity index (χ2n) is 4.48. The molecule has 2 aromatic rings. The number of nitrogens with zero attached hydrogens (tertiary/aromatic N) is 2. The van der Waals surface area contributed by atoms with Crippen LogP contribution >= 0.6 is 0 Å². The topological polar surface area (TPSA) is 64.9 Å². The minimum absolute atomic E-state index is 0.0829. The minimum Gasteiger partial charge on any atom is -0.334 e. The Labute approximate surface area is 102 Å². The molecular formula is C12H11F2N3O. The Hall–Kier alpha value is -1.82. The normalized spacial score (nSPS) is 16.8. The van der Waals surface area contributed by atoms with Crippen molar-refractivity contribution >= 4 is 0 Å². The fourth-order valence-corrected chi connectivity index (χ4v) is 1.83. The summed E-state index contributed by atoms with van der Waals surface area (Å²) in [6.45, 7) is 0. The lowest BCUT2D eigenvalue weighted by Crippen LogP contribution is -2.13. The molecule has 1 aliphatic rings. The van der Waals surface area contributed by atoms with Crippen molar-refractivity contribution in [3.63, 3.8) is 0 Å². The third-order valence-corrected chi connectivity index (χ3v) is 2.98. The number of benzene rings is 1. The second-order valence-corrected chi connectivity index (χ2v) is 4.48. The van der Waals surface area contributed by atoms with Gasteiger partial charge in [0, 0.05) is 11.6 Å². The van der Waals surface area contributed by atoms with Gasteiger partial charge >= 0.3 is 0 Å². The van der Waals surface area contributed by atoms with E-state index in [-0.39, 0.29) is 17.5 Å². The summed E-state index contributed by atoms with van der Waals surface area (Å²) in [4.78, 5) is 4.09. The highest BCUT2D eigenvalue weighted by atomic mass is 19.1. The van der Waals surface area contributed by atoms with Crippen LogP contribution < -0.4 is 5.73 Å². The van der Waals surface area contributed by atoms with Crippen molar-refractivity contribution in [1.29, 1.82) is 0 Å². The van der Waals surface area contributed by atoms with Crippen molar-refractivity contribution in [2.45, 2.75) is 18.9 Å². The third kappa shape index (κ3) is 2.11. The first kappa shape index (κ1) is 11.3. The predicted octanol–water partition coefficient (Wildman–Crippen LogP) is 2.42. The molecule has 0 aliphatic heterocycles. The molecule has 0 amide bonds. The van der Waals surface area contributed by atoms with Crippen molar-refractivity contribution in [3.05, 3.63) is 35.7 Å². The summed E-state index contributed by atoms with van der Waals surface area (Å²) in [6, 6.07) is 2.81. The molecule has 18 heavy (non-hydrogen) atoms. The van der Waals surface area contributed by atoms with Crippen LogP contribution in [0.1, 0.15) is 24.7 Å². The zero-order chi connectivity index (χ0) is 12.7. The Balaban J connectivity index is 1.92. The molecule has 2 N–H and O–H groups in total. The maximum Gasteiger partial charge on any atom is 0.258 e. The van der Waals surface area contributed by atoms with Crippen LogP contribution in [-0.4, -0.2) is 10.1 Å². The maximum absolute atomic E-state index is 13.1. The first-order valence-corrected chi connectivity index (χ1v) is 5.69. The van der Waals surface area contributed by atoms with Gasteiger partial charge in [0.15, 0.2) is 5.82 Å². The Morgan fingerprint density at radius 2 is 1.89 bits per heavy atom. The van der Waals surface area contributed by atoms with Gasteiger partial charge in [-0.15, -0.1) is 0 Å². The van der Waals surface area contributed by atoms with Crippen LogP contribution in [0.25, 0.3) is 11.5 Å². The van der Waals surface area contributed by atoms with Gasteiger partial charge in [0.25, 0.3) is 5.89 Å². The molecule has 1 aliphatic carbocycles. The standard InChI is InChI=1S/C12H11F2N3O/c13-8-3-7(4-9(14)5-8)12-16-11(17-18-12)10(15)6-1-2-6/h3-6,10H,1-2,15H2. The van der Waals surface area contributed by atoms with E-state index in [0.29, 0.717) is 11.7 Å². The van der Waals surface area contributed by atoms with Crippen molar-refractivity contribution in [3.8, 4) is 11.5 Å². The van der Waals surface area contributed by atoms with E-state index in [9.17, 15) is 8.78 Å². The zero-order valence-electron chi connectivity index (χ0n) is 9.44. The molecule has 6 heteroatoms. The molecule has 0 radical (unpaired) electrons. The molecule has 1 unspecified atom stereocenters. The highest BCUT2D eigenvalue weighted by Gasteiger charge is 2.32. The van der Waals surface area contributed by atoms with Crippen LogP contribution in [0, 0.1) is 17.6 Å². The van der Waals surface area contributed by atoms with E-state index in [0.717, 1.165) is 31.0 Å². The molecular weight excluding hydrogens is 240 g/mol. The molecule has 0 saturated heterocycles. The largest absolute Gasteiger partial charge is 0.334 e. The molecule has 94 valence electrons. The van der Waals surface area contributed by atoms with Gasteiger partial charge in [-0.1, -0.05) is 5.16 Å². The van der Waals surface area contributed by atoms with Gasteiger partial charge in [-0.25, -0.2) is 8.78 Å². The van der Waals surface area contributed by atoms with Crippen molar-refractivity contribution in [2.24, 2.45) is 11.7 Å². The highest BCUT2D eigenvalue weighted by molar-refractivity contribution is 5.52. The average molecular weight is 251 g/mol. The Kier molecular flexibility index (Phi) is 2.59. The lowest BCUT2D eigenvalue weighted by Gasteiger charge is -2.01. The number of nitrogens with two attached hydrogens (primary N) is 1. The Bertz CT molecular complexity index is 560. The lowest BCUT2D eigenvalue weighted by atomic mass is 10.2. The summed E-state index contributed by atoms with van der Waals surface area (Å²) >= 11 is 0. The van der Waals surface area contributed by atoms with Gasteiger partial charge in [-0.3, -0.25) is 0 Å². The van der Waals surface area contributed by atoms with E-state index in [4.69, 9.17) is 10.3 Å². The van der Waals surface area contributed by atoms with Crippen LogP contribution in [0.4, 0.5) is 8.78 Å². The summed E-state index contributed by atoms with van der Waals surface area (Å²) in [5.41, 5.74) is 6.14. The Morgan fingerprint density at radius 1 is 1.22 bits per heavy atom. The molecule has 1 aromatic carbocycles. The molecule has 1 fully saturated rings. The van der Waals surface area contributed by atoms with Crippen molar-refractivity contribution < 1.29 is 13.3 Å². The van der Waals surface area contributed by atoms with Gasteiger partial charge in [0.05, 0.1) is 6.04 Å². The monoisotopic (exact) mass is 251 g/mol. The molecule has 1 aromatic heterocycles. The molecule has 1 saturated carbocycles. The smallest absolute Gasteiger partial charge is 0.258 e. The van der Waals surface area contributed by atoms with E-state index in [1.54, 1.807) is 0 Å². The summed E-state index contributed by atoms with van der Waals surface area (Å²) in [5.74, 6) is -0.510. The average Bonchev–Trinajstić information content (AvgIpc) is 3.04. The molecule has 1 heterocycles. The lowest BCUT2D eigenvalue weighted by molar-refractivity contribution is 0.411. The van der Waals surface area contributed by atoms with E-state index in [1.807, 2.05) is 0 Å². The fourth-order valence-electron chi connectivity index (χ4n) is 1.83. The summed E-state index contributed by atoms with van der Waals surface area (Å²) in [7, 11) is 0. The van der Waals surface area contributed by atoms with Gasteiger partial charge in [0.1, 0.15) is 11.6 Å². The van der Waals surface area contributed by atoms with Gasteiger partial charge in [-0.2, -0.15) is 4.98 Å². The van der Waals surface area contributed by atoms with Crippen molar-refractivity contribution in [2.75, 3.05) is 0 Å². The summed E-state index contributed by atoms with van der Waals surface area (Å²) in [6.07, 6.45) is 2.11. The predicted molar refractivity (Wildman–Crippen MR) is 59.3 cm³/mol. The molecule has 0 bridgehead atoms. The number of aromatic nitrogens is 2. The quantitative estimate of drug-likeness (QED) is 0.909. The molecule has 0 spiro atoms. The number of hydrogen-bond acceptors (Lipinski definition) is 4. The fraction of sp³-hybridized carbons (Fsp3) is 0.333. The molecule has 3 rings (SSSR count). The summed E-state index contributed by atoms with van der Waals surface area (Å²) in [5, 5.41) is 3.76. The number of hydrogen-bond donors (Lipinski definition) is 1. The zero-order valence-corrected chi connectivity index (χ0v) is 9.44. The minimum atomic E-state index is -0.684. The highest BCUT2D eigenvalue weighted by Crippen LogP contribution is 2.38. The molecule has 1 atom stereocenters. The van der Waals surface area contributed by atoms with Gasteiger partial charge in [0.2, 0.25) is 0 Å². The van der Waals surface area contributed by atoms with E-state index < -0.39 is 11.6 Å². The first-order chi connectivity index (χ1) is 8.63. The molecule has 4 nitrogen and oxygen atoms in total. The van der Waals surface area contributed by atoms with Crippen LogP contribution in [-0.2, 0) is 0 Å². The first-order valence-electron chi connectivity index (χ1n) is 5.69. The van der Waals surface area contributed by atoms with Crippen molar-refractivity contribution in [1.82, 2.24) is 10.1 Å². The van der Waals surface area contributed by atoms with Gasteiger partial charge < -0.3 is 10.3 Å². The van der Waals surface area contributed by atoms with Crippen LogP contribution in [0.5, 0.6) is 0 Å². The van der Waals surface area contributed by atoms with E-state index in [1.165, 1.54) is 0 Å². The third-order valence-electron chi connectivity index (χ3n) is 2.98. The van der Waals surface area contributed by atoms with Crippen LogP contribution in [0.15, 0.2) is 22.7 Å². The Morgan fingerprint density at radius 3 is 2.50 bits per heavy atom. The maximum atomic E-state index is 13.1. The second kappa shape index (κ2) is 4.13. The van der Waals surface area contributed by atoms with Crippen LogP contribution in [0.2, 0.25) is 0 Å².